The Labute approximate surface area is 136 Å². The van der Waals surface area contributed by atoms with Crippen molar-refractivity contribution in [1.29, 1.82) is 0 Å². The van der Waals surface area contributed by atoms with E-state index in [1.54, 1.807) is 16.0 Å². The van der Waals surface area contributed by atoms with Gasteiger partial charge in [-0.15, -0.1) is 16.4 Å². The van der Waals surface area contributed by atoms with Gasteiger partial charge >= 0.3 is 0 Å². The molecule has 0 saturated heterocycles. The molecule has 0 aliphatic carbocycles. The number of carbonyl (C=O) groups is 1. The molecule has 0 unspecified atom stereocenters. The second-order valence-electron chi connectivity index (χ2n) is 4.78. The van der Waals surface area contributed by atoms with Crippen molar-refractivity contribution in [3.63, 3.8) is 0 Å². The highest BCUT2D eigenvalue weighted by molar-refractivity contribution is 7.99. The number of benzene rings is 1. The number of thiophene rings is 1. The third-order valence-electron chi connectivity index (χ3n) is 3.09. The minimum absolute atomic E-state index is 0.0793. The standard InChI is InChI=1S/C15H14N4OS2/c1-11-4-6-12(7-5-11)14(20)10-22-15-16-17-18-19(15)9-13-3-2-8-21-13/h2-8H,9-10H2,1H3. The minimum Gasteiger partial charge on any atom is -0.293 e. The lowest BCUT2D eigenvalue weighted by Crippen LogP contribution is -2.06. The molecule has 112 valence electrons. The van der Waals surface area contributed by atoms with Crippen LogP contribution in [0.2, 0.25) is 0 Å². The lowest BCUT2D eigenvalue weighted by molar-refractivity contribution is 0.102. The van der Waals surface area contributed by atoms with Crippen LogP contribution in [0.3, 0.4) is 0 Å². The van der Waals surface area contributed by atoms with E-state index in [1.807, 2.05) is 48.7 Å². The van der Waals surface area contributed by atoms with Gasteiger partial charge in [-0.1, -0.05) is 47.7 Å². The lowest BCUT2D eigenvalue weighted by atomic mass is 10.1. The highest BCUT2D eigenvalue weighted by atomic mass is 32.2. The molecular formula is C15H14N4OS2. The number of tetrazole rings is 1. The van der Waals surface area contributed by atoms with E-state index < -0.39 is 0 Å². The Bertz CT molecular complexity index is 750. The zero-order valence-corrected chi connectivity index (χ0v) is 13.6. The average Bonchev–Trinajstić information content (AvgIpc) is 3.18. The number of Topliss-reactive ketones (excluding diaryl/α,β-unsaturated/α-hetero) is 1. The Morgan fingerprint density at radius 2 is 2.09 bits per heavy atom. The first-order valence-corrected chi connectivity index (χ1v) is 8.60. The number of carbonyl (C=O) groups excluding carboxylic acids is 1. The molecule has 22 heavy (non-hydrogen) atoms. The number of hydrogen-bond donors (Lipinski definition) is 0. The van der Waals surface area contributed by atoms with E-state index in [9.17, 15) is 4.79 Å². The third kappa shape index (κ3) is 3.61. The normalized spacial score (nSPS) is 10.8. The molecule has 0 radical (unpaired) electrons. The molecule has 0 saturated carbocycles. The number of thioether (sulfide) groups is 1. The second-order valence-corrected chi connectivity index (χ2v) is 6.75. The van der Waals surface area contributed by atoms with Gasteiger partial charge in [0.05, 0.1) is 12.3 Å². The van der Waals surface area contributed by atoms with Crippen molar-refractivity contribution in [3.8, 4) is 0 Å². The molecule has 0 aliphatic rings. The number of rotatable bonds is 6. The lowest BCUT2D eigenvalue weighted by Gasteiger charge is -2.03. The van der Waals surface area contributed by atoms with Crippen LogP contribution in [0.15, 0.2) is 46.9 Å². The van der Waals surface area contributed by atoms with Crippen LogP contribution >= 0.6 is 23.1 Å². The summed E-state index contributed by atoms with van der Waals surface area (Å²) in [6.07, 6.45) is 0. The van der Waals surface area contributed by atoms with Crippen LogP contribution < -0.4 is 0 Å². The first kappa shape index (κ1) is 14.9. The van der Waals surface area contributed by atoms with Crippen LogP contribution in [0.25, 0.3) is 0 Å². The van der Waals surface area contributed by atoms with E-state index in [0.29, 0.717) is 17.5 Å². The summed E-state index contributed by atoms with van der Waals surface area (Å²) in [6, 6.07) is 11.6. The van der Waals surface area contributed by atoms with Crippen molar-refractivity contribution >= 4 is 28.9 Å². The molecule has 0 aliphatic heterocycles. The number of nitrogens with zero attached hydrogens (tertiary/aromatic N) is 4. The molecule has 3 aromatic rings. The van der Waals surface area contributed by atoms with E-state index in [4.69, 9.17) is 0 Å². The van der Waals surface area contributed by atoms with E-state index in [2.05, 4.69) is 15.5 Å². The maximum Gasteiger partial charge on any atom is 0.210 e. The predicted octanol–water partition coefficient (Wildman–Crippen LogP) is 3.07. The topological polar surface area (TPSA) is 60.7 Å². The maximum absolute atomic E-state index is 12.2. The van der Waals surface area contributed by atoms with E-state index in [1.165, 1.54) is 16.6 Å². The maximum atomic E-state index is 12.2. The fourth-order valence-electron chi connectivity index (χ4n) is 1.90. The van der Waals surface area contributed by atoms with Gasteiger partial charge in [0.2, 0.25) is 5.16 Å². The number of hydrogen-bond acceptors (Lipinski definition) is 6. The van der Waals surface area contributed by atoms with Crippen LogP contribution in [-0.2, 0) is 6.54 Å². The van der Waals surface area contributed by atoms with Gasteiger partial charge in [-0.2, -0.15) is 0 Å². The number of aromatic nitrogens is 4. The van der Waals surface area contributed by atoms with Gasteiger partial charge in [0.15, 0.2) is 5.78 Å². The molecule has 7 heteroatoms. The van der Waals surface area contributed by atoms with Crippen LogP contribution in [0.4, 0.5) is 0 Å². The summed E-state index contributed by atoms with van der Waals surface area (Å²) in [5.74, 6) is 0.407. The van der Waals surface area contributed by atoms with Crippen LogP contribution in [0.1, 0.15) is 20.8 Å². The van der Waals surface area contributed by atoms with Crippen molar-refractivity contribution in [1.82, 2.24) is 20.2 Å². The average molecular weight is 330 g/mol. The van der Waals surface area contributed by atoms with Crippen molar-refractivity contribution in [2.75, 3.05) is 5.75 Å². The minimum atomic E-state index is 0.0793. The van der Waals surface area contributed by atoms with Crippen molar-refractivity contribution in [3.05, 3.63) is 57.8 Å². The van der Waals surface area contributed by atoms with Gasteiger partial charge in [0.25, 0.3) is 0 Å². The van der Waals surface area contributed by atoms with Crippen LogP contribution in [0, 0.1) is 6.92 Å². The molecule has 0 fully saturated rings. The highest BCUT2D eigenvalue weighted by Crippen LogP contribution is 2.18. The van der Waals surface area contributed by atoms with Crippen molar-refractivity contribution in [2.24, 2.45) is 0 Å². The van der Waals surface area contributed by atoms with E-state index >= 15 is 0 Å². The Balaban J connectivity index is 1.63. The summed E-state index contributed by atoms with van der Waals surface area (Å²) in [5.41, 5.74) is 1.86. The fraction of sp³-hybridized carbons (Fsp3) is 0.200. The molecule has 5 nitrogen and oxygen atoms in total. The first-order valence-electron chi connectivity index (χ1n) is 6.73. The molecule has 0 spiro atoms. The summed E-state index contributed by atoms with van der Waals surface area (Å²) in [6.45, 7) is 2.63. The van der Waals surface area contributed by atoms with Crippen LogP contribution in [-0.4, -0.2) is 31.7 Å². The molecule has 0 amide bonds. The van der Waals surface area contributed by atoms with Crippen molar-refractivity contribution < 1.29 is 4.79 Å². The summed E-state index contributed by atoms with van der Waals surface area (Å²) >= 11 is 3.02. The van der Waals surface area contributed by atoms with Crippen LogP contribution in [0.5, 0.6) is 0 Å². The molecule has 2 aromatic heterocycles. The van der Waals surface area contributed by atoms with E-state index in [0.717, 1.165) is 11.1 Å². The molecule has 0 bridgehead atoms. The van der Waals surface area contributed by atoms with Gasteiger partial charge in [0, 0.05) is 10.4 Å². The van der Waals surface area contributed by atoms with Gasteiger partial charge in [-0.05, 0) is 28.8 Å². The zero-order chi connectivity index (χ0) is 15.4. The SMILES string of the molecule is Cc1ccc(C(=O)CSc2nnnn2Cc2cccs2)cc1. The second kappa shape index (κ2) is 6.85. The van der Waals surface area contributed by atoms with E-state index in [-0.39, 0.29) is 5.78 Å². The Morgan fingerprint density at radius 1 is 1.27 bits per heavy atom. The fourth-order valence-corrected chi connectivity index (χ4v) is 3.36. The quantitative estimate of drug-likeness (QED) is 0.513. The highest BCUT2D eigenvalue weighted by Gasteiger charge is 2.12. The molecule has 0 N–H and O–H groups in total. The molecule has 0 atom stereocenters. The Morgan fingerprint density at radius 3 is 2.82 bits per heavy atom. The summed E-state index contributed by atoms with van der Waals surface area (Å²) < 4.78 is 1.72. The predicted molar refractivity (Wildman–Crippen MR) is 87.5 cm³/mol. The monoisotopic (exact) mass is 330 g/mol. The summed E-state index contributed by atoms with van der Waals surface area (Å²) in [7, 11) is 0. The smallest absolute Gasteiger partial charge is 0.210 e. The largest absolute Gasteiger partial charge is 0.293 e. The summed E-state index contributed by atoms with van der Waals surface area (Å²) in [4.78, 5) is 13.4. The van der Waals surface area contributed by atoms with Gasteiger partial charge < -0.3 is 0 Å². The molecule has 1 aromatic carbocycles. The zero-order valence-electron chi connectivity index (χ0n) is 12.0. The van der Waals surface area contributed by atoms with Gasteiger partial charge in [-0.3, -0.25) is 4.79 Å². The van der Waals surface area contributed by atoms with Gasteiger partial charge in [-0.25, -0.2) is 4.68 Å². The number of ketones is 1. The third-order valence-corrected chi connectivity index (χ3v) is 4.91. The summed E-state index contributed by atoms with van der Waals surface area (Å²) in [5, 5.41) is 14.4. The number of aryl methyl sites for hydroxylation is 1. The Kier molecular flexibility index (Phi) is 4.65. The van der Waals surface area contributed by atoms with Gasteiger partial charge in [0.1, 0.15) is 0 Å². The molecule has 3 rings (SSSR count). The molecule has 2 heterocycles. The molecular weight excluding hydrogens is 316 g/mol. The van der Waals surface area contributed by atoms with Crippen molar-refractivity contribution in [2.45, 2.75) is 18.6 Å². The Hall–Kier alpha value is -1.99. The first-order chi connectivity index (χ1) is 10.7.